The van der Waals surface area contributed by atoms with Crippen molar-refractivity contribution < 1.29 is 27.4 Å². The number of hydrogen-bond donors (Lipinski definition) is 3. The van der Waals surface area contributed by atoms with Crippen LogP contribution < -0.4 is 25.0 Å². The first-order valence-electron chi connectivity index (χ1n) is 10.5. The number of nitrogens with zero attached hydrogens (tertiary/aromatic N) is 2. The number of fused-ring (bicyclic) bond motifs is 2. The number of carbonyl (C=O) groups is 1. The van der Waals surface area contributed by atoms with Gasteiger partial charge >= 0.3 is 6.18 Å². The van der Waals surface area contributed by atoms with Crippen molar-refractivity contribution in [3.05, 3.63) is 29.5 Å². The van der Waals surface area contributed by atoms with E-state index in [-0.39, 0.29) is 23.7 Å². The minimum absolute atomic E-state index is 0.0463. The Labute approximate surface area is 189 Å². The number of carbonyl (C=O) groups excluding carboxylic acids is 1. The lowest BCUT2D eigenvalue weighted by Gasteiger charge is -2.37. The SMILES string of the molecule is CCN=C1CC(Nc2cc3c(cc2OC)N(C)C(=O)C(C)(C)O3)Nc2[nH]cc(C(F)(F)F)c21. The third-order valence-corrected chi connectivity index (χ3v) is 5.70. The number of alkyl halides is 3. The van der Waals surface area contributed by atoms with Gasteiger partial charge in [0.1, 0.15) is 23.5 Å². The van der Waals surface area contributed by atoms with Gasteiger partial charge in [0.25, 0.3) is 5.91 Å². The van der Waals surface area contributed by atoms with Gasteiger partial charge in [-0.25, -0.2) is 0 Å². The lowest BCUT2D eigenvalue weighted by atomic mass is 9.99. The Hall–Kier alpha value is -3.37. The largest absolute Gasteiger partial charge is 0.495 e. The summed E-state index contributed by atoms with van der Waals surface area (Å²) in [6.45, 7) is 5.51. The van der Waals surface area contributed by atoms with Gasteiger partial charge in [0.2, 0.25) is 0 Å². The fraction of sp³-hybridized carbons (Fsp3) is 0.455. The molecule has 0 saturated heterocycles. The molecule has 11 heteroatoms. The van der Waals surface area contributed by atoms with Crippen molar-refractivity contribution in [1.82, 2.24) is 4.98 Å². The zero-order chi connectivity index (χ0) is 24.1. The van der Waals surface area contributed by atoms with Crippen LogP contribution in [0.25, 0.3) is 0 Å². The number of methoxy groups -OCH3 is 1. The van der Waals surface area contributed by atoms with Crippen LogP contribution >= 0.6 is 0 Å². The van der Waals surface area contributed by atoms with Gasteiger partial charge in [0.05, 0.1) is 29.8 Å². The van der Waals surface area contributed by atoms with Crippen molar-refractivity contribution in [2.45, 2.75) is 45.1 Å². The molecule has 4 rings (SSSR count). The molecule has 0 saturated carbocycles. The van der Waals surface area contributed by atoms with Gasteiger partial charge in [-0.1, -0.05) is 0 Å². The van der Waals surface area contributed by atoms with Gasteiger partial charge < -0.3 is 30.0 Å². The summed E-state index contributed by atoms with van der Waals surface area (Å²) >= 11 is 0. The molecule has 0 spiro atoms. The molecule has 0 bridgehead atoms. The Kier molecular flexibility index (Phi) is 5.45. The molecular formula is C22H26F3N5O3. The van der Waals surface area contributed by atoms with Gasteiger partial charge in [-0.05, 0) is 20.8 Å². The van der Waals surface area contributed by atoms with Crippen molar-refractivity contribution in [3.63, 3.8) is 0 Å². The highest BCUT2D eigenvalue weighted by Gasteiger charge is 2.41. The standard InChI is InChI=1S/C22H26F3N5O3/c1-6-26-13-8-17(29-19-18(13)11(10-27-19)22(23,24)25)28-12-7-16-14(9-15(12)32-5)30(4)20(31)21(2,3)33-16/h7,9-10,17,27-29H,6,8H2,1-5H3. The Bertz CT molecular complexity index is 1120. The fourth-order valence-corrected chi connectivity index (χ4v) is 4.20. The zero-order valence-corrected chi connectivity index (χ0v) is 19.0. The Morgan fingerprint density at radius 3 is 2.73 bits per heavy atom. The summed E-state index contributed by atoms with van der Waals surface area (Å²) in [6.07, 6.45) is -3.79. The first kappa shape index (κ1) is 22.8. The molecular weight excluding hydrogens is 439 g/mol. The lowest BCUT2D eigenvalue weighted by molar-refractivity contribution is -0.137. The highest BCUT2D eigenvalue weighted by molar-refractivity contribution is 6.08. The number of ether oxygens (including phenoxy) is 2. The maximum atomic E-state index is 13.5. The number of anilines is 3. The van der Waals surface area contributed by atoms with E-state index >= 15 is 0 Å². The van der Waals surface area contributed by atoms with Gasteiger partial charge in [0.15, 0.2) is 5.60 Å². The predicted octanol–water partition coefficient (Wildman–Crippen LogP) is 4.24. The van der Waals surface area contributed by atoms with Crippen LogP contribution in [0, 0.1) is 0 Å². The zero-order valence-electron chi connectivity index (χ0n) is 19.0. The van der Waals surface area contributed by atoms with E-state index in [1.807, 2.05) is 0 Å². The number of hydrogen-bond acceptors (Lipinski definition) is 6. The molecule has 2 aliphatic heterocycles. The second kappa shape index (κ2) is 7.89. The van der Waals surface area contributed by atoms with Crippen LogP contribution in [0.15, 0.2) is 23.3 Å². The first-order valence-corrected chi connectivity index (χ1v) is 10.5. The highest BCUT2D eigenvalue weighted by atomic mass is 19.4. The molecule has 1 amide bonds. The van der Waals surface area contributed by atoms with Crippen molar-refractivity contribution in [2.75, 3.05) is 36.2 Å². The highest BCUT2D eigenvalue weighted by Crippen LogP contribution is 2.44. The van der Waals surface area contributed by atoms with Gasteiger partial charge in [-0.2, -0.15) is 13.2 Å². The Balaban J connectivity index is 1.68. The van der Waals surface area contributed by atoms with Crippen LogP contribution in [0.4, 0.5) is 30.4 Å². The van der Waals surface area contributed by atoms with E-state index in [1.165, 1.54) is 12.0 Å². The third kappa shape index (κ3) is 3.96. The summed E-state index contributed by atoms with van der Waals surface area (Å²) in [4.78, 5) is 21.1. The number of likely N-dealkylation sites (N-methyl/N-ethyl adjacent to an activating group) is 1. The van der Waals surface area contributed by atoms with Crippen LogP contribution in [-0.4, -0.2) is 49.1 Å². The fourth-order valence-electron chi connectivity index (χ4n) is 4.20. The molecule has 33 heavy (non-hydrogen) atoms. The minimum atomic E-state index is -4.49. The molecule has 8 nitrogen and oxygen atoms in total. The minimum Gasteiger partial charge on any atom is -0.495 e. The molecule has 0 aliphatic carbocycles. The summed E-state index contributed by atoms with van der Waals surface area (Å²) in [6, 6.07) is 3.42. The van der Waals surface area contributed by atoms with Crippen molar-refractivity contribution in [2.24, 2.45) is 4.99 Å². The van der Waals surface area contributed by atoms with Crippen LogP contribution in [-0.2, 0) is 11.0 Å². The summed E-state index contributed by atoms with van der Waals surface area (Å²) in [5.41, 5.74) is -0.250. The molecule has 1 aromatic carbocycles. The smallest absolute Gasteiger partial charge is 0.418 e. The van der Waals surface area contributed by atoms with Crippen molar-refractivity contribution in [1.29, 1.82) is 0 Å². The second-order valence-corrected chi connectivity index (χ2v) is 8.41. The predicted molar refractivity (Wildman–Crippen MR) is 120 cm³/mol. The van der Waals surface area contributed by atoms with Crippen LogP contribution in [0.1, 0.15) is 38.3 Å². The average molecular weight is 465 g/mol. The molecule has 0 fully saturated rings. The van der Waals surface area contributed by atoms with Crippen LogP contribution in [0.2, 0.25) is 0 Å². The molecule has 0 radical (unpaired) electrons. The third-order valence-electron chi connectivity index (χ3n) is 5.70. The number of H-pyrrole nitrogens is 1. The monoisotopic (exact) mass is 465 g/mol. The maximum Gasteiger partial charge on any atom is 0.418 e. The number of rotatable bonds is 4. The number of amides is 1. The molecule has 2 aliphatic rings. The summed E-state index contributed by atoms with van der Waals surface area (Å²) < 4.78 is 51.8. The maximum absolute atomic E-state index is 13.5. The van der Waals surface area contributed by atoms with E-state index in [9.17, 15) is 18.0 Å². The average Bonchev–Trinajstić information content (AvgIpc) is 3.17. The van der Waals surface area contributed by atoms with E-state index in [4.69, 9.17) is 9.47 Å². The summed E-state index contributed by atoms with van der Waals surface area (Å²) in [5, 5.41) is 6.36. The van der Waals surface area contributed by atoms with Crippen molar-refractivity contribution in [3.8, 4) is 11.5 Å². The van der Waals surface area contributed by atoms with E-state index in [2.05, 4.69) is 20.6 Å². The van der Waals surface area contributed by atoms with Gasteiger partial charge in [-0.15, -0.1) is 0 Å². The topological polar surface area (TPSA) is 91.0 Å². The Morgan fingerprint density at radius 1 is 1.36 bits per heavy atom. The molecule has 3 heterocycles. The number of aliphatic imine (C=N–C) groups is 1. The first-order chi connectivity index (χ1) is 15.5. The number of nitrogens with one attached hydrogen (secondary N) is 3. The van der Waals surface area contributed by atoms with E-state index in [0.717, 1.165) is 6.20 Å². The second-order valence-electron chi connectivity index (χ2n) is 8.41. The van der Waals surface area contributed by atoms with E-state index in [0.29, 0.717) is 35.1 Å². The number of aromatic nitrogens is 1. The number of benzene rings is 1. The summed E-state index contributed by atoms with van der Waals surface area (Å²) in [5.74, 6) is 1.01. The van der Waals surface area contributed by atoms with Crippen LogP contribution in [0.5, 0.6) is 11.5 Å². The van der Waals surface area contributed by atoms with E-state index in [1.54, 1.807) is 40.0 Å². The van der Waals surface area contributed by atoms with E-state index < -0.39 is 23.5 Å². The molecule has 1 atom stereocenters. The molecule has 3 N–H and O–H groups in total. The Morgan fingerprint density at radius 2 is 2.09 bits per heavy atom. The van der Waals surface area contributed by atoms with Crippen LogP contribution in [0.3, 0.4) is 0 Å². The number of aromatic amines is 1. The quantitative estimate of drug-likeness (QED) is 0.629. The van der Waals surface area contributed by atoms with Crippen molar-refractivity contribution >= 4 is 28.8 Å². The van der Waals surface area contributed by atoms with Gasteiger partial charge in [0, 0.05) is 43.9 Å². The summed E-state index contributed by atoms with van der Waals surface area (Å²) in [7, 11) is 3.17. The molecule has 178 valence electrons. The lowest BCUT2D eigenvalue weighted by Crippen LogP contribution is -2.50. The van der Waals surface area contributed by atoms with Gasteiger partial charge in [-0.3, -0.25) is 9.79 Å². The number of halogens is 3. The molecule has 1 aromatic heterocycles. The molecule has 1 unspecified atom stereocenters. The molecule has 2 aromatic rings. The normalized spacial score (nSPS) is 20.6.